The molecule has 0 radical (unpaired) electrons. The molecule has 0 aliphatic rings. The second-order valence-corrected chi connectivity index (χ2v) is 4.88. The Morgan fingerprint density at radius 2 is 1.95 bits per heavy atom. The number of halogens is 1. The molecule has 0 aromatic heterocycles. The molecule has 0 saturated carbocycles. The predicted octanol–water partition coefficient (Wildman–Crippen LogP) is 1.92. The largest absolute Gasteiger partial charge is 0.492 e. The Morgan fingerprint density at radius 3 is 2.52 bits per heavy atom. The molecular formula is C14H19ClN2O4. The summed E-state index contributed by atoms with van der Waals surface area (Å²) < 4.78 is 9.91. The third kappa shape index (κ3) is 6.01. The zero-order valence-electron chi connectivity index (χ0n) is 12.3. The first-order valence-corrected chi connectivity index (χ1v) is 6.79. The summed E-state index contributed by atoms with van der Waals surface area (Å²) in [4.78, 5) is 24.5. The summed E-state index contributed by atoms with van der Waals surface area (Å²) in [6.45, 7) is 2.63. The van der Waals surface area contributed by atoms with Crippen LogP contribution in [0.5, 0.6) is 5.75 Å². The van der Waals surface area contributed by atoms with Gasteiger partial charge in [-0.3, -0.25) is 15.0 Å². The normalized spacial score (nSPS) is 11.9. The Bertz CT molecular complexity index is 478. The highest BCUT2D eigenvalue weighted by molar-refractivity contribution is 6.30. The number of rotatable bonds is 6. The highest BCUT2D eigenvalue weighted by Gasteiger charge is 2.20. The summed E-state index contributed by atoms with van der Waals surface area (Å²) in [5, 5.41) is 2.77. The van der Waals surface area contributed by atoms with E-state index in [9.17, 15) is 9.59 Å². The van der Waals surface area contributed by atoms with Gasteiger partial charge in [0.25, 0.3) is 0 Å². The van der Waals surface area contributed by atoms with Gasteiger partial charge in [-0.25, -0.2) is 4.79 Å². The van der Waals surface area contributed by atoms with Gasteiger partial charge in [0.2, 0.25) is 5.91 Å². The number of carbonyl (C=O) groups excluding carboxylic acids is 2. The molecule has 2 amide bonds. The smallest absolute Gasteiger partial charge is 0.413 e. The first kappa shape index (κ1) is 17.3. The average Bonchev–Trinajstić information content (AvgIpc) is 2.48. The molecule has 0 spiro atoms. The minimum absolute atomic E-state index is 0.411. The standard InChI is InChI=1S/C14H19ClN2O4/c1-10(13(18)16-14(19)20-3)17(2)8-9-21-12-6-4-11(15)5-7-12/h4-7,10H,8-9H2,1-3H3,(H,16,18,19)/t10-/m1/s1. The van der Waals surface area contributed by atoms with Crippen molar-refractivity contribution in [1.29, 1.82) is 0 Å². The van der Waals surface area contributed by atoms with Gasteiger partial charge in [-0.1, -0.05) is 11.6 Å². The van der Waals surface area contributed by atoms with E-state index in [2.05, 4.69) is 10.1 Å². The van der Waals surface area contributed by atoms with Crippen LogP contribution in [0, 0.1) is 0 Å². The Balaban J connectivity index is 2.35. The van der Waals surface area contributed by atoms with Gasteiger partial charge in [-0.15, -0.1) is 0 Å². The summed E-state index contributed by atoms with van der Waals surface area (Å²) >= 11 is 5.78. The lowest BCUT2D eigenvalue weighted by molar-refractivity contribution is -0.124. The fourth-order valence-corrected chi connectivity index (χ4v) is 1.61. The number of hydrogen-bond donors (Lipinski definition) is 1. The average molecular weight is 315 g/mol. The van der Waals surface area contributed by atoms with Crippen molar-refractivity contribution in [3.8, 4) is 5.75 Å². The lowest BCUT2D eigenvalue weighted by Gasteiger charge is -2.23. The van der Waals surface area contributed by atoms with Crippen LogP contribution < -0.4 is 10.1 Å². The number of imide groups is 1. The number of likely N-dealkylation sites (N-methyl/N-ethyl adjacent to an activating group) is 1. The van der Waals surface area contributed by atoms with Crippen LogP contribution in [0.1, 0.15) is 6.92 Å². The molecule has 6 nitrogen and oxygen atoms in total. The van der Waals surface area contributed by atoms with Crippen LogP contribution in [-0.2, 0) is 9.53 Å². The third-order valence-corrected chi connectivity index (χ3v) is 3.23. The fraction of sp³-hybridized carbons (Fsp3) is 0.429. The Hall–Kier alpha value is -1.79. The van der Waals surface area contributed by atoms with Gasteiger partial charge in [0, 0.05) is 11.6 Å². The Labute approximate surface area is 129 Å². The van der Waals surface area contributed by atoms with Crippen LogP contribution in [0.25, 0.3) is 0 Å². The number of amides is 2. The van der Waals surface area contributed by atoms with Crippen LogP contribution >= 0.6 is 11.6 Å². The first-order valence-electron chi connectivity index (χ1n) is 6.41. The third-order valence-electron chi connectivity index (χ3n) is 2.98. The molecular weight excluding hydrogens is 296 g/mol. The molecule has 0 unspecified atom stereocenters. The number of methoxy groups -OCH3 is 1. The van der Waals surface area contributed by atoms with Gasteiger partial charge < -0.3 is 9.47 Å². The van der Waals surface area contributed by atoms with E-state index in [1.54, 1.807) is 43.1 Å². The van der Waals surface area contributed by atoms with Crippen molar-refractivity contribution in [1.82, 2.24) is 10.2 Å². The molecule has 1 N–H and O–H groups in total. The Kier molecular flexibility index (Phi) is 6.98. The fourth-order valence-electron chi connectivity index (χ4n) is 1.49. The molecule has 0 fully saturated rings. The molecule has 1 aromatic carbocycles. The number of hydrogen-bond acceptors (Lipinski definition) is 5. The molecule has 116 valence electrons. The quantitative estimate of drug-likeness (QED) is 0.869. The van der Waals surface area contributed by atoms with Gasteiger partial charge >= 0.3 is 6.09 Å². The predicted molar refractivity (Wildman–Crippen MR) is 79.6 cm³/mol. The molecule has 0 aliphatic carbocycles. The number of alkyl carbamates (subject to hydrolysis) is 1. The summed E-state index contributed by atoms with van der Waals surface area (Å²) in [7, 11) is 2.98. The lowest BCUT2D eigenvalue weighted by atomic mass is 10.3. The van der Waals surface area contributed by atoms with Crippen molar-refractivity contribution in [2.24, 2.45) is 0 Å². The summed E-state index contributed by atoms with van der Waals surface area (Å²) in [6.07, 6.45) is -0.766. The molecule has 1 aromatic rings. The minimum Gasteiger partial charge on any atom is -0.492 e. The van der Waals surface area contributed by atoms with Gasteiger partial charge in [0.15, 0.2) is 0 Å². The van der Waals surface area contributed by atoms with E-state index in [-0.39, 0.29) is 0 Å². The molecule has 1 rings (SSSR count). The SMILES string of the molecule is COC(=O)NC(=O)[C@@H](C)N(C)CCOc1ccc(Cl)cc1. The van der Waals surface area contributed by atoms with E-state index in [1.807, 2.05) is 0 Å². The zero-order valence-corrected chi connectivity index (χ0v) is 13.0. The monoisotopic (exact) mass is 314 g/mol. The molecule has 1 atom stereocenters. The molecule has 0 bridgehead atoms. The van der Waals surface area contributed by atoms with Crippen LogP contribution in [-0.4, -0.2) is 50.3 Å². The molecule has 0 aliphatic heterocycles. The topological polar surface area (TPSA) is 67.9 Å². The van der Waals surface area contributed by atoms with Crippen molar-refractivity contribution >= 4 is 23.6 Å². The van der Waals surface area contributed by atoms with Gasteiger partial charge in [-0.2, -0.15) is 0 Å². The van der Waals surface area contributed by atoms with Gasteiger partial charge in [0.05, 0.1) is 13.2 Å². The van der Waals surface area contributed by atoms with E-state index < -0.39 is 18.0 Å². The van der Waals surface area contributed by atoms with E-state index >= 15 is 0 Å². The highest BCUT2D eigenvalue weighted by atomic mass is 35.5. The molecule has 0 saturated heterocycles. The molecule has 21 heavy (non-hydrogen) atoms. The molecule has 0 heterocycles. The minimum atomic E-state index is -0.766. The van der Waals surface area contributed by atoms with Crippen LogP contribution in [0.4, 0.5) is 4.79 Å². The van der Waals surface area contributed by atoms with Crippen LogP contribution in [0.3, 0.4) is 0 Å². The maximum Gasteiger partial charge on any atom is 0.413 e. The summed E-state index contributed by atoms with van der Waals surface area (Å²) in [6, 6.07) is 6.56. The second kappa shape index (κ2) is 8.49. The molecule has 7 heteroatoms. The van der Waals surface area contributed by atoms with E-state index in [0.29, 0.717) is 23.9 Å². The van der Waals surface area contributed by atoms with E-state index in [4.69, 9.17) is 16.3 Å². The van der Waals surface area contributed by atoms with Crippen molar-refractivity contribution in [3.63, 3.8) is 0 Å². The van der Waals surface area contributed by atoms with Crippen molar-refractivity contribution in [2.75, 3.05) is 27.3 Å². The van der Waals surface area contributed by atoms with Crippen molar-refractivity contribution in [3.05, 3.63) is 29.3 Å². The van der Waals surface area contributed by atoms with E-state index in [1.165, 1.54) is 7.11 Å². The van der Waals surface area contributed by atoms with Gasteiger partial charge in [0.1, 0.15) is 12.4 Å². The number of nitrogens with one attached hydrogen (secondary N) is 1. The van der Waals surface area contributed by atoms with Crippen molar-refractivity contribution in [2.45, 2.75) is 13.0 Å². The number of carbonyl (C=O) groups is 2. The maximum absolute atomic E-state index is 11.7. The first-order chi connectivity index (χ1) is 9.93. The Morgan fingerprint density at radius 1 is 1.33 bits per heavy atom. The lowest BCUT2D eigenvalue weighted by Crippen LogP contribution is -2.46. The maximum atomic E-state index is 11.7. The van der Waals surface area contributed by atoms with Gasteiger partial charge in [-0.05, 0) is 38.2 Å². The summed E-state index contributed by atoms with van der Waals surface area (Å²) in [5.74, 6) is 0.287. The highest BCUT2D eigenvalue weighted by Crippen LogP contribution is 2.15. The second-order valence-electron chi connectivity index (χ2n) is 4.44. The van der Waals surface area contributed by atoms with E-state index in [0.717, 1.165) is 0 Å². The summed E-state index contributed by atoms with van der Waals surface area (Å²) in [5.41, 5.74) is 0. The number of ether oxygens (including phenoxy) is 2. The van der Waals surface area contributed by atoms with Crippen LogP contribution in [0.2, 0.25) is 5.02 Å². The number of benzene rings is 1. The van der Waals surface area contributed by atoms with Crippen LogP contribution in [0.15, 0.2) is 24.3 Å². The van der Waals surface area contributed by atoms with Crippen molar-refractivity contribution < 1.29 is 19.1 Å². The zero-order chi connectivity index (χ0) is 15.8. The number of nitrogens with zero attached hydrogens (tertiary/aromatic N) is 1.